The number of esters is 1. The average molecular weight is 152 g/mol. The molecule has 1 unspecified atom stereocenters. The number of ether oxygens (including phenoxy) is 1. The van der Waals surface area contributed by atoms with Crippen LogP contribution in [0.15, 0.2) is 24.3 Å². The van der Waals surface area contributed by atoms with Gasteiger partial charge in [-0.2, -0.15) is 0 Å². The summed E-state index contributed by atoms with van der Waals surface area (Å²) in [5.74, 6) is -0.229. The van der Waals surface area contributed by atoms with Crippen LogP contribution in [-0.4, -0.2) is 11.6 Å². The molecular weight excluding hydrogens is 140 g/mol. The second-order valence-electron chi connectivity index (χ2n) is 2.90. The van der Waals surface area contributed by atoms with Crippen LogP contribution in [0.5, 0.6) is 0 Å². The highest BCUT2D eigenvalue weighted by Crippen LogP contribution is 2.21. The van der Waals surface area contributed by atoms with Crippen LogP contribution in [0, 0.1) is 0 Å². The Morgan fingerprint density at radius 1 is 1.55 bits per heavy atom. The van der Waals surface area contributed by atoms with Crippen molar-refractivity contribution in [1.29, 1.82) is 0 Å². The lowest BCUT2D eigenvalue weighted by molar-refractivity contribution is -0.150. The summed E-state index contributed by atoms with van der Waals surface area (Å²) in [6.45, 7) is 3.33. The number of rotatable bonds is 1. The quantitative estimate of drug-likeness (QED) is 0.536. The van der Waals surface area contributed by atoms with E-state index in [0.717, 1.165) is 6.42 Å². The van der Waals surface area contributed by atoms with E-state index >= 15 is 0 Å². The normalized spacial score (nSPS) is 28.5. The lowest BCUT2D eigenvalue weighted by Gasteiger charge is -2.25. The van der Waals surface area contributed by atoms with Gasteiger partial charge < -0.3 is 4.74 Å². The van der Waals surface area contributed by atoms with Crippen LogP contribution in [0.25, 0.3) is 0 Å². The van der Waals surface area contributed by atoms with E-state index in [4.69, 9.17) is 4.74 Å². The maximum Gasteiger partial charge on any atom is 0.303 e. The summed E-state index contributed by atoms with van der Waals surface area (Å²) in [6, 6.07) is 0. The molecule has 0 heterocycles. The fourth-order valence-electron chi connectivity index (χ4n) is 1.11. The molecule has 0 aromatic carbocycles. The summed E-state index contributed by atoms with van der Waals surface area (Å²) in [6.07, 6.45) is 8.50. The zero-order chi connectivity index (χ0) is 8.32. The minimum Gasteiger partial charge on any atom is -0.455 e. The maximum atomic E-state index is 10.6. The van der Waals surface area contributed by atoms with Gasteiger partial charge in [-0.3, -0.25) is 4.79 Å². The largest absolute Gasteiger partial charge is 0.455 e. The standard InChI is InChI=1S/C9H12O2/c1-8(10)11-9(2)6-4-3-5-7-9/h3-6H,7H2,1-2H3. The van der Waals surface area contributed by atoms with Gasteiger partial charge in [0.2, 0.25) is 0 Å². The predicted molar refractivity (Wildman–Crippen MR) is 43.1 cm³/mol. The van der Waals surface area contributed by atoms with Crippen LogP contribution >= 0.6 is 0 Å². The van der Waals surface area contributed by atoms with E-state index in [1.165, 1.54) is 6.92 Å². The van der Waals surface area contributed by atoms with Crippen LogP contribution < -0.4 is 0 Å². The first kappa shape index (κ1) is 8.05. The predicted octanol–water partition coefficient (Wildman–Crippen LogP) is 1.82. The third-order valence-corrected chi connectivity index (χ3v) is 1.60. The maximum absolute atomic E-state index is 10.6. The van der Waals surface area contributed by atoms with Gasteiger partial charge in [0.1, 0.15) is 5.60 Å². The monoisotopic (exact) mass is 152 g/mol. The Morgan fingerprint density at radius 2 is 2.27 bits per heavy atom. The SMILES string of the molecule is CC(=O)OC1(C)C=CC=CC1. The molecule has 0 aliphatic heterocycles. The Bertz CT molecular complexity index is 216. The Labute approximate surface area is 66.5 Å². The van der Waals surface area contributed by atoms with Crippen molar-refractivity contribution >= 4 is 5.97 Å². The van der Waals surface area contributed by atoms with Crippen molar-refractivity contribution in [3.8, 4) is 0 Å². The summed E-state index contributed by atoms with van der Waals surface area (Å²) in [5.41, 5.74) is -0.416. The fourth-order valence-corrected chi connectivity index (χ4v) is 1.11. The molecule has 0 bridgehead atoms. The molecule has 0 spiro atoms. The number of allylic oxidation sites excluding steroid dienone is 2. The number of carbonyl (C=O) groups excluding carboxylic acids is 1. The first-order valence-corrected chi connectivity index (χ1v) is 3.66. The van der Waals surface area contributed by atoms with Crippen LogP contribution in [0.2, 0.25) is 0 Å². The van der Waals surface area contributed by atoms with Gasteiger partial charge in [0.15, 0.2) is 0 Å². The van der Waals surface area contributed by atoms with Gasteiger partial charge in [-0.15, -0.1) is 0 Å². The third-order valence-electron chi connectivity index (χ3n) is 1.60. The summed E-state index contributed by atoms with van der Waals surface area (Å²) in [4.78, 5) is 10.6. The van der Waals surface area contributed by atoms with Crippen molar-refractivity contribution in [2.75, 3.05) is 0 Å². The molecule has 11 heavy (non-hydrogen) atoms. The summed E-state index contributed by atoms with van der Waals surface area (Å²) in [7, 11) is 0. The highest BCUT2D eigenvalue weighted by Gasteiger charge is 2.23. The Hall–Kier alpha value is -1.05. The topological polar surface area (TPSA) is 26.3 Å². The molecule has 0 fully saturated rings. The molecule has 2 heteroatoms. The van der Waals surface area contributed by atoms with Gasteiger partial charge in [0, 0.05) is 13.3 Å². The molecule has 1 aliphatic carbocycles. The zero-order valence-electron chi connectivity index (χ0n) is 6.83. The van der Waals surface area contributed by atoms with Crippen molar-refractivity contribution in [3.05, 3.63) is 24.3 Å². The summed E-state index contributed by atoms with van der Waals surface area (Å²) in [5, 5.41) is 0. The second-order valence-corrected chi connectivity index (χ2v) is 2.90. The first-order valence-electron chi connectivity index (χ1n) is 3.66. The van der Waals surface area contributed by atoms with Gasteiger partial charge in [-0.25, -0.2) is 0 Å². The highest BCUT2D eigenvalue weighted by atomic mass is 16.6. The van der Waals surface area contributed by atoms with Crippen molar-refractivity contribution in [2.24, 2.45) is 0 Å². The molecule has 0 N–H and O–H groups in total. The van der Waals surface area contributed by atoms with Crippen molar-refractivity contribution < 1.29 is 9.53 Å². The molecule has 60 valence electrons. The Balaban J connectivity index is 2.61. The van der Waals surface area contributed by atoms with Crippen LogP contribution in [0.1, 0.15) is 20.3 Å². The van der Waals surface area contributed by atoms with E-state index in [0.29, 0.717) is 0 Å². The van der Waals surface area contributed by atoms with E-state index in [-0.39, 0.29) is 5.97 Å². The summed E-state index contributed by atoms with van der Waals surface area (Å²) < 4.78 is 5.10. The van der Waals surface area contributed by atoms with Crippen LogP contribution in [0.3, 0.4) is 0 Å². The molecule has 1 rings (SSSR count). The van der Waals surface area contributed by atoms with Crippen molar-refractivity contribution in [2.45, 2.75) is 25.9 Å². The zero-order valence-corrected chi connectivity index (χ0v) is 6.83. The molecule has 0 saturated heterocycles. The number of hydrogen-bond donors (Lipinski definition) is 0. The molecule has 0 radical (unpaired) electrons. The lowest BCUT2D eigenvalue weighted by atomic mass is 9.98. The smallest absolute Gasteiger partial charge is 0.303 e. The number of hydrogen-bond acceptors (Lipinski definition) is 2. The lowest BCUT2D eigenvalue weighted by Crippen LogP contribution is -2.28. The van der Waals surface area contributed by atoms with Gasteiger partial charge in [-0.05, 0) is 13.0 Å². The molecule has 1 atom stereocenters. The molecule has 2 nitrogen and oxygen atoms in total. The molecule has 0 aromatic heterocycles. The fraction of sp³-hybridized carbons (Fsp3) is 0.444. The van der Waals surface area contributed by atoms with Crippen LogP contribution in [0.4, 0.5) is 0 Å². The summed E-state index contributed by atoms with van der Waals surface area (Å²) >= 11 is 0. The molecular formula is C9H12O2. The molecule has 0 aromatic rings. The minimum atomic E-state index is -0.416. The van der Waals surface area contributed by atoms with E-state index < -0.39 is 5.60 Å². The van der Waals surface area contributed by atoms with E-state index in [1.807, 2.05) is 31.2 Å². The average Bonchev–Trinajstić information content (AvgIpc) is 1.85. The van der Waals surface area contributed by atoms with Gasteiger partial charge in [-0.1, -0.05) is 18.2 Å². The third kappa shape index (κ3) is 2.22. The molecule has 0 saturated carbocycles. The Kier molecular flexibility index (Phi) is 2.13. The molecule has 1 aliphatic rings. The highest BCUT2D eigenvalue weighted by molar-refractivity contribution is 5.66. The Morgan fingerprint density at radius 3 is 2.73 bits per heavy atom. The molecule has 0 amide bonds. The van der Waals surface area contributed by atoms with Crippen LogP contribution in [-0.2, 0) is 9.53 Å². The van der Waals surface area contributed by atoms with Gasteiger partial charge in [0.05, 0.1) is 0 Å². The first-order chi connectivity index (χ1) is 5.12. The van der Waals surface area contributed by atoms with E-state index in [9.17, 15) is 4.79 Å². The second kappa shape index (κ2) is 2.91. The van der Waals surface area contributed by atoms with Gasteiger partial charge >= 0.3 is 5.97 Å². The van der Waals surface area contributed by atoms with E-state index in [1.54, 1.807) is 0 Å². The van der Waals surface area contributed by atoms with Gasteiger partial charge in [0.25, 0.3) is 0 Å². The van der Waals surface area contributed by atoms with Crippen molar-refractivity contribution in [3.63, 3.8) is 0 Å². The van der Waals surface area contributed by atoms with Crippen molar-refractivity contribution in [1.82, 2.24) is 0 Å². The minimum absolute atomic E-state index is 0.229. The number of carbonyl (C=O) groups is 1. The van der Waals surface area contributed by atoms with E-state index in [2.05, 4.69) is 0 Å².